The summed E-state index contributed by atoms with van der Waals surface area (Å²) in [5, 5.41) is 20.7. The zero-order valence-corrected chi connectivity index (χ0v) is 25.0. The lowest BCUT2D eigenvalue weighted by atomic mass is 9.96. The number of rotatable bonds is 10. The standard InChI is InChI=1S/C34H35N7O4/c1-2-9-28(37-32(42)29-21-25-20-26(14-15-27(25)36-29)41-30(34(44)45)22-35-38-41)33(43)40-18-16-39(17-19-40)31(23-10-5-3-6-11-23)24-12-7-4-8-13-24/h3-8,10-15,20-22,28,31,36H,2,9,16-19H2,1H3,(H,37,42)(H,44,45)/t28-/m0/s1. The quantitative estimate of drug-likeness (QED) is 0.216. The number of aromatic carboxylic acids is 1. The van der Waals surface area contributed by atoms with Gasteiger partial charge in [0.05, 0.1) is 17.9 Å². The van der Waals surface area contributed by atoms with Crippen LogP contribution in [0.5, 0.6) is 0 Å². The maximum atomic E-state index is 13.7. The molecular formula is C34H35N7O4. The average molecular weight is 606 g/mol. The van der Waals surface area contributed by atoms with Crippen LogP contribution in [-0.4, -0.2) is 84.9 Å². The minimum atomic E-state index is -1.14. The lowest BCUT2D eigenvalue weighted by Gasteiger charge is -2.40. The molecule has 11 nitrogen and oxygen atoms in total. The molecule has 1 aliphatic rings. The first-order chi connectivity index (χ1) is 21.9. The molecule has 0 aliphatic carbocycles. The molecule has 230 valence electrons. The molecule has 0 unspecified atom stereocenters. The minimum Gasteiger partial charge on any atom is -0.476 e. The predicted molar refractivity (Wildman–Crippen MR) is 169 cm³/mol. The number of piperazine rings is 1. The molecule has 11 heteroatoms. The number of H-pyrrole nitrogens is 1. The molecule has 6 rings (SSSR count). The van der Waals surface area contributed by atoms with Gasteiger partial charge >= 0.3 is 5.97 Å². The summed E-state index contributed by atoms with van der Waals surface area (Å²) < 4.78 is 1.23. The third-order valence-electron chi connectivity index (χ3n) is 8.26. The first kappa shape index (κ1) is 29.8. The highest BCUT2D eigenvalue weighted by Crippen LogP contribution is 2.29. The zero-order valence-electron chi connectivity index (χ0n) is 25.0. The number of nitrogens with one attached hydrogen (secondary N) is 2. The van der Waals surface area contributed by atoms with Crippen molar-refractivity contribution in [3.05, 3.63) is 114 Å². The van der Waals surface area contributed by atoms with Gasteiger partial charge in [0.2, 0.25) is 5.91 Å². The predicted octanol–water partition coefficient (Wildman–Crippen LogP) is 4.28. The van der Waals surface area contributed by atoms with Crippen LogP contribution in [0.1, 0.15) is 57.9 Å². The van der Waals surface area contributed by atoms with E-state index in [1.54, 1.807) is 24.3 Å². The molecule has 5 aromatic rings. The fourth-order valence-corrected chi connectivity index (χ4v) is 6.03. The van der Waals surface area contributed by atoms with E-state index in [-0.39, 0.29) is 23.6 Å². The van der Waals surface area contributed by atoms with Crippen molar-refractivity contribution in [2.24, 2.45) is 0 Å². The van der Waals surface area contributed by atoms with Crippen LogP contribution < -0.4 is 5.32 Å². The fraction of sp³-hybridized carbons (Fsp3) is 0.265. The van der Waals surface area contributed by atoms with Gasteiger partial charge in [0, 0.05) is 37.1 Å². The number of carboxylic acid groups (broad SMARTS) is 1. The average Bonchev–Trinajstić information content (AvgIpc) is 3.74. The molecule has 0 bridgehead atoms. The Hall–Kier alpha value is -5.29. The number of benzene rings is 3. The fourth-order valence-electron chi connectivity index (χ4n) is 6.03. The Kier molecular flexibility index (Phi) is 8.70. The van der Waals surface area contributed by atoms with Crippen LogP contribution in [0.2, 0.25) is 0 Å². The Balaban J connectivity index is 1.14. The Labute approximate surface area is 260 Å². The van der Waals surface area contributed by atoms with E-state index in [4.69, 9.17) is 0 Å². The second-order valence-electron chi connectivity index (χ2n) is 11.2. The molecule has 1 atom stereocenters. The van der Waals surface area contributed by atoms with Gasteiger partial charge in [0.1, 0.15) is 11.7 Å². The van der Waals surface area contributed by atoms with Crippen LogP contribution in [0.25, 0.3) is 16.6 Å². The summed E-state index contributed by atoms with van der Waals surface area (Å²) in [6.45, 7) is 4.57. The molecule has 3 N–H and O–H groups in total. The smallest absolute Gasteiger partial charge is 0.356 e. The molecule has 1 aliphatic heterocycles. The number of hydrogen-bond acceptors (Lipinski definition) is 6. The van der Waals surface area contributed by atoms with E-state index in [0.717, 1.165) is 6.42 Å². The van der Waals surface area contributed by atoms with Crippen molar-refractivity contribution < 1.29 is 19.5 Å². The molecule has 45 heavy (non-hydrogen) atoms. The first-order valence-electron chi connectivity index (χ1n) is 15.1. The third kappa shape index (κ3) is 6.34. The van der Waals surface area contributed by atoms with Gasteiger partial charge in [0.25, 0.3) is 5.91 Å². The molecule has 3 heterocycles. The second-order valence-corrected chi connectivity index (χ2v) is 11.2. The summed E-state index contributed by atoms with van der Waals surface area (Å²) in [6, 6.07) is 27.2. The summed E-state index contributed by atoms with van der Waals surface area (Å²) in [5.41, 5.74) is 3.87. The van der Waals surface area contributed by atoms with Gasteiger partial charge in [-0.2, -0.15) is 0 Å². The number of hydrogen-bond donors (Lipinski definition) is 3. The van der Waals surface area contributed by atoms with Crippen LogP contribution in [0.4, 0.5) is 0 Å². The van der Waals surface area contributed by atoms with Gasteiger partial charge in [-0.05, 0) is 41.8 Å². The normalized spacial score (nSPS) is 14.5. The van der Waals surface area contributed by atoms with E-state index >= 15 is 0 Å². The molecule has 3 aromatic carbocycles. The third-order valence-corrected chi connectivity index (χ3v) is 8.26. The molecule has 2 aromatic heterocycles. The van der Waals surface area contributed by atoms with Crippen molar-refractivity contribution in [1.29, 1.82) is 0 Å². The topological polar surface area (TPSA) is 136 Å². The van der Waals surface area contributed by atoms with Crippen molar-refractivity contribution >= 4 is 28.7 Å². The number of nitrogens with zero attached hydrogens (tertiary/aromatic N) is 5. The van der Waals surface area contributed by atoms with E-state index in [0.29, 0.717) is 54.9 Å². The van der Waals surface area contributed by atoms with E-state index in [9.17, 15) is 19.5 Å². The van der Waals surface area contributed by atoms with Crippen LogP contribution in [0.15, 0.2) is 91.1 Å². The van der Waals surface area contributed by atoms with Gasteiger partial charge in [-0.1, -0.05) is 79.2 Å². The number of aromatic amines is 1. The SMILES string of the molecule is CCC[C@H](NC(=O)c1cc2cc(-n3nncc3C(=O)O)ccc2[nH]1)C(=O)N1CCN(C(c2ccccc2)c2ccccc2)CC1. The van der Waals surface area contributed by atoms with Crippen molar-refractivity contribution in [3.8, 4) is 5.69 Å². The Morgan fingerprint density at radius 1 is 0.911 bits per heavy atom. The van der Waals surface area contributed by atoms with Crippen LogP contribution in [0.3, 0.4) is 0 Å². The molecule has 0 spiro atoms. The number of carbonyl (C=O) groups is 3. The van der Waals surface area contributed by atoms with Gasteiger partial charge in [-0.15, -0.1) is 5.10 Å². The molecular weight excluding hydrogens is 570 g/mol. The van der Waals surface area contributed by atoms with Crippen molar-refractivity contribution in [2.75, 3.05) is 26.2 Å². The highest BCUT2D eigenvalue weighted by Gasteiger charge is 2.32. The van der Waals surface area contributed by atoms with Gasteiger partial charge in [-0.25, -0.2) is 9.48 Å². The Morgan fingerprint density at radius 2 is 1.58 bits per heavy atom. The number of amides is 2. The molecule has 2 amide bonds. The van der Waals surface area contributed by atoms with Crippen molar-refractivity contribution in [1.82, 2.24) is 35.1 Å². The summed E-state index contributed by atoms with van der Waals surface area (Å²) in [6.07, 6.45) is 2.44. The summed E-state index contributed by atoms with van der Waals surface area (Å²) in [5.74, 6) is -1.60. The number of carboxylic acids is 1. The van der Waals surface area contributed by atoms with Crippen molar-refractivity contribution in [3.63, 3.8) is 0 Å². The van der Waals surface area contributed by atoms with E-state index < -0.39 is 12.0 Å². The van der Waals surface area contributed by atoms with Crippen LogP contribution in [-0.2, 0) is 4.79 Å². The summed E-state index contributed by atoms with van der Waals surface area (Å²) in [7, 11) is 0. The first-order valence-corrected chi connectivity index (χ1v) is 15.1. The molecule has 1 saturated heterocycles. The maximum Gasteiger partial charge on any atom is 0.356 e. The Morgan fingerprint density at radius 3 is 2.20 bits per heavy atom. The van der Waals surface area contributed by atoms with Gasteiger partial charge in [0.15, 0.2) is 5.69 Å². The maximum absolute atomic E-state index is 13.7. The highest BCUT2D eigenvalue weighted by atomic mass is 16.4. The molecule has 0 radical (unpaired) electrons. The number of aromatic nitrogens is 4. The largest absolute Gasteiger partial charge is 0.476 e. The zero-order chi connectivity index (χ0) is 31.3. The van der Waals surface area contributed by atoms with Crippen LogP contribution >= 0.6 is 0 Å². The lowest BCUT2D eigenvalue weighted by molar-refractivity contribution is -0.135. The lowest BCUT2D eigenvalue weighted by Crippen LogP contribution is -2.55. The highest BCUT2D eigenvalue weighted by molar-refractivity contribution is 6.00. The monoisotopic (exact) mass is 605 g/mol. The second kappa shape index (κ2) is 13.1. The summed E-state index contributed by atoms with van der Waals surface area (Å²) >= 11 is 0. The summed E-state index contributed by atoms with van der Waals surface area (Å²) in [4.78, 5) is 46.0. The molecule has 0 saturated carbocycles. The van der Waals surface area contributed by atoms with E-state index in [1.165, 1.54) is 22.0 Å². The number of carbonyl (C=O) groups excluding carboxylic acids is 2. The van der Waals surface area contributed by atoms with Crippen LogP contribution in [0, 0.1) is 0 Å². The minimum absolute atomic E-state index is 0.0692. The number of fused-ring (bicyclic) bond motifs is 1. The van der Waals surface area contributed by atoms with Gasteiger partial charge < -0.3 is 20.3 Å². The molecule has 1 fully saturated rings. The van der Waals surface area contributed by atoms with E-state index in [1.807, 2.05) is 24.0 Å². The van der Waals surface area contributed by atoms with E-state index in [2.05, 4.69) is 74.0 Å². The Bertz CT molecular complexity index is 1750. The van der Waals surface area contributed by atoms with Gasteiger partial charge in [-0.3, -0.25) is 14.5 Å². The van der Waals surface area contributed by atoms with Crippen molar-refractivity contribution in [2.45, 2.75) is 31.8 Å².